The molecule has 0 fully saturated rings. The molecular formula is C56H62N4OS4. The predicted molar refractivity (Wildman–Crippen MR) is 282 cm³/mol. The van der Waals surface area contributed by atoms with Gasteiger partial charge in [-0.25, -0.2) is 4.98 Å². The van der Waals surface area contributed by atoms with Gasteiger partial charge in [0.1, 0.15) is 5.60 Å². The van der Waals surface area contributed by atoms with Crippen molar-refractivity contribution in [3.8, 4) is 79.4 Å². The van der Waals surface area contributed by atoms with Crippen molar-refractivity contribution in [3.05, 3.63) is 125 Å². The van der Waals surface area contributed by atoms with Gasteiger partial charge in [-0.1, -0.05) is 53.4 Å². The molecule has 0 aromatic carbocycles. The summed E-state index contributed by atoms with van der Waals surface area (Å²) in [5, 5.41) is 2.31. The molecule has 0 saturated carbocycles. The molecule has 0 aliphatic rings. The molecule has 0 unspecified atom stereocenters. The van der Waals surface area contributed by atoms with Gasteiger partial charge in [0.05, 0.1) is 31.7 Å². The van der Waals surface area contributed by atoms with Gasteiger partial charge >= 0.3 is 0 Å². The first-order chi connectivity index (χ1) is 31.6. The molecule has 336 valence electrons. The summed E-state index contributed by atoms with van der Waals surface area (Å²) in [5.41, 5.74) is 13.0. The fourth-order valence-corrected chi connectivity index (χ4v) is 12.5. The minimum atomic E-state index is -0.287. The van der Waals surface area contributed by atoms with E-state index in [0.717, 1.165) is 98.0 Å². The molecule has 0 spiro atoms. The third kappa shape index (κ3) is 11.6. The van der Waals surface area contributed by atoms with E-state index >= 15 is 0 Å². The first-order valence-corrected chi connectivity index (χ1v) is 27.0. The lowest BCUT2D eigenvalue weighted by Gasteiger charge is -2.20. The molecule has 5 nitrogen and oxygen atoms in total. The van der Waals surface area contributed by atoms with E-state index in [1.807, 2.05) is 67.0 Å². The Hall–Kier alpha value is -4.80. The van der Waals surface area contributed by atoms with Gasteiger partial charge in [0, 0.05) is 72.6 Å². The largest absolute Gasteiger partial charge is 0.472 e. The molecule has 0 aliphatic heterocycles. The third-order valence-corrected chi connectivity index (χ3v) is 16.3. The second-order valence-electron chi connectivity index (χ2n) is 18.0. The van der Waals surface area contributed by atoms with Crippen LogP contribution in [-0.2, 0) is 25.7 Å². The van der Waals surface area contributed by atoms with Crippen molar-refractivity contribution in [3.63, 3.8) is 0 Å². The zero-order valence-corrected chi connectivity index (χ0v) is 42.4. The maximum absolute atomic E-state index is 5.99. The lowest BCUT2D eigenvalue weighted by Crippen LogP contribution is -2.23. The Balaban J connectivity index is 1.03. The Labute approximate surface area is 403 Å². The highest BCUT2D eigenvalue weighted by Gasteiger charge is 2.19. The standard InChI is InChI=1S/C56H62N4OS4/c1-8-12-16-37-28-48(62-36-37)41-20-24-45(57-32-41)53-38(17-13-9-2)29-49(63-53)42-21-25-46(58-33-42)54-39(18-14-10-3)30-50(64-54)43-22-26-47(59-34-43)55-40(19-15-11-4)31-51(65-55)44-23-27-52(60-35-44)61-56(5,6)7/h20-36H,8-19H2,1-7H3. The number of pyridine rings is 4. The van der Waals surface area contributed by atoms with E-state index in [-0.39, 0.29) is 5.60 Å². The number of unbranched alkanes of at least 4 members (excludes halogenated alkanes) is 4. The van der Waals surface area contributed by atoms with Crippen molar-refractivity contribution in [2.75, 3.05) is 0 Å². The summed E-state index contributed by atoms with van der Waals surface area (Å²) in [6.45, 7) is 15.2. The van der Waals surface area contributed by atoms with Crippen LogP contribution < -0.4 is 4.74 Å². The van der Waals surface area contributed by atoms with Crippen LogP contribution in [0.25, 0.3) is 73.5 Å². The zero-order valence-electron chi connectivity index (χ0n) is 39.1. The monoisotopic (exact) mass is 934 g/mol. The second-order valence-corrected chi connectivity index (χ2v) is 22.1. The zero-order chi connectivity index (χ0) is 45.3. The number of ether oxygens (including phenoxy) is 1. The van der Waals surface area contributed by atoms with E-state index in [0.29, 0.717) is 5.88 Å². The smallest absolute Gasteiger partial charge is 0.213 e. The molecule has 0 bridgehead atoms. The average Bonchev–Trinajstić information content (AvgIpc) is 4.15. The van der Waals surface area contributed by atoms with Gasteiger partial charge in [0.2, 0.25) is 5.88 Å². The molecular weight excluding hydrogens is 873 g/mol. The van der Waals surface area contributed by atoms with Crippen LogP contribution in [0.5, 0.6) is 5.88 Å². The van der Waals surface area contributed by atoms with Crippen LogP contribution in [0.3, 0.4) is 0 Å². The number of hydrogen-bond donors (Lipinski definition) is 0. The van der Waals surface area contributed by atoms with Gasteiger partial charge in [0.25, 0.3) is 0 Å². The molecule has 9 heteroatoms. The minimum Gasteiger partial charge on any atom is -0.472 e. The molecule has 0 saturated heterocycles. The molecule has 8 aromatic rings. The first kappa shape index (κ1) is 46.7. The normalized spacial score (nSPS) is 11.7. The molecule has 0 radical (unpaired) electrons. The summed E-state index contributed by atoms with van der Waals surface area (Å²) >= 11 is 7.31. The number of nitrogens with zero attached hydrogens (tertiary/aromatic N) is 4. The Morgan fingerprint density at radius 2 is 0.831 bits per heavy atom. The highest BCUT2D eigenvalue weighted by molar-refractivity contribution is 7.19. The molecule has 0 N–H and O–H groups in total. The summed E-state index contributed by atoms with van der Waals surface area (Å²) in [7, 11) is 0. The summed E-state index contributed by atoms with van der Waals surface area (Å²) in [6.07, 6.45) is 21.7. The van der Waals surface area contributed by atoms with Gasteiger partial charge in [-0.2, -0.15) is 0 Å². The van der Waals surface area contributed by atoms with Crippen LogP contribution >= 0.6 is 45.3 Å². The number of rotatable bonds is 20. The van der Waals surface area contributed by atoms with Crippen LogP contribution in [-0.4, -0.2) is 25.5 Å². The van der Waals surface area contributed by atoms with Crippen LogP contribution in [0, 0.1) is 0 Å². The van der Waals surface area contributed by atoms with E-state index < -0.39 is 0 Å². The summed E-state index contributed by atoms with van der Waals surface area (Å²) in [5.74, 6) is 0.647. The quantitative estimate of drug-likeness (QED) is 0.0762. The van der Waals surface area contributed by atoms with Gasteiger partial charge < -0.3 is 4.74 Å². The number of hydrogen-bond acceptors (Lipinski definition) is 9. The molecule has 8 heterocycles. The molecule has 0 aliphatic carbocycles. The Morgan fingerprint density at radius 3 is 1.18 bits per heavy atom. The van der Waals surface area contributed by atoms with E-state index in [1.165, 1.54) is 74.8 Å². The Morgan fingerprint density at radius 1 is 0.446 bits per heavy atom. The van der Waals surface area contributed by atoms with Crippen molar-refractivity contribution >= 4 is 45.3 Å². The first-order valence-electron chi connectivity index (χ1n) is 23.6. The number of thiophene rings is 4. The third-order valence-electron chi connectivity index (χ3n) is 11.6. The van der Waals surface area contributed by atoms with Crippen molar-refractivity contribution < 1.29 is 4.74 Å². The molecule has 0 atom stereocenters. The van der Waals surface area contributed by atoms with Crippen LogP contribution in [0.2, 0.25) is 0 Å². The Kier molecular flexibility index (Phi) is 15.6. The van der Waals surface area contributed by atoms with Gasteiger partial charge in [0.15, 0.2) is 0 Å². The molecule has 8 aromatic heterocycles. The minimum absolute atomic E-state index is 0.287. The van der Waals surface area contributed by atoms with Gasteiger partial charge in [-0.05, 0) is 167 Å². The van der Waals surface area contributed by atoms with E-state index in [2.05, 4.69) is 123 Å². The van der Waals surface area contributed by atoms with Crippen molar-refractivity contribution in [2.45, 2.75) is 131 Å². The van der Waals surface area contributed by atoms with Crippen LogP contribution in [0.4, 0.5) is 0 Å². The van der Waals surface area contributed by atoms with E-state index in [1.54, 1.807) is 11.3 Å². The molecule has 65 heavy (non-hydrogen) atoms. The Bertz CT molecular complexity index is 2750. The number of aromatic nitrogens is 4. The molecule has 8 rings (SSSR count). The van der Waals surface area contributed by atoms with E-state index in [9.17, 15) is 0 Å². The van der Waals surface area contributed by atoms with Crippen molar-refractivity contribution in [1.29, 1.82) is 0 Å². The van der Waals surface area contributed by atoms with Crippen molar-refractivity contribution in [1.82, 2.24) is 19.9 Å². The lowest BCUT2D eigenvalue weighted by molar-refractivity contribution is 0.124. The summed E-state index contributed by atoms with van der Waals surface area (Å²) in [4.78, 5) is 28.7. The molecule has 0 amide bonds. The maximum Gasteiger partial charge on any atom is 0.213 e. The van der Waals surface area contributed by atoms with Gasteiger partial charge in [-0.3, -0.25) is 15.0 Å². The summed E-state index contributed by atoms with van der Waals surface area (Å²) < 4.78 is 5.99. The van der Waals surface area contributed by atoms with Crippen LogP contribution in [0.1, 0.15) is 122 Å². The highest BCUT2D eigenvalue weighted by Crippen LogP contribution is 2.43. The van der Waals surface area contributed by atoms with Crippen LogP contribution in [0.15, 0.2) is 103 Å². The maximum atomic E-state index is 5.99. The van der Waals surface area contributed by atoms with Crippen molar-refractivity contribution in [2.24, 2.45) is 0 Å². The second kappa shape index (κ2) is 21.7. The topological polar surface area (TPSA) is 60.8 Å². The average molecular weight is 935 g/mol. The van der Waals surface area contributed by atoms with E-state index in [4.69, 9.17) is 19.7 Å². The fourth-order valence-electron chi connectivity index (χ4n) is 7.98. The fraction of sp³-hybridized carbons (Fsp3) is 0.357. The van der Waals surface area contributed by atoms with Gasteiger partial charge in [-0.15, -0.1) is 45.3 Å². The summed E-state index contributed by atoms with van der Waals surface area (Å²) in [6, 6.07) is 27.0. The number of aryl methyl sites for hydroxylation is 4. The lowest BCUT2D eigenvalue weighted by atomic mass is 10.0. The predicted octanol–water partition coefficient (Wildman–Crippen LogP) is 17.7. The highest BCUT2D eigenvalue weighted by atomic mass is 32.1. The SMILES string of the molecule is CCCCc1csc(-c2ccc(-c3sc(-c4ccc(-c5sc(-c6ccc(-c7sc(-c8ccc(OC(C)(C)C)nc8)cc7CCCC)nc6)cc5CCCC)nc4)cc3CCCC)nc2)c1.